The summed E-state index contributed by atoms with van der Waals surface area (Å²) in [7, 11) is -3.81. The van der Waals surface area contributed by atoms with Gasteiger partial charge in [-0.1, -0.05) is 6.07 Å². The maximum atomic E-state index is 11.7. The molecule has 0 spiro atoms. The Labute approximate surface area is 128 Å². The third-order valence-electron chi connectivity index (χ3n) is 3.11. The van der Waals surface area contributed by atoms with Gasteiger partial charge in [0.15, 0.2) is 0 Å². The summed E-state index contributed by atoms with van der Waals surface area (Å²) >= 11 is 1.57. The largest absolute Gasteiger partial charge is 0.492 e. The molecule has 0 amide bonds. The van der Waals surface area contributed by atoms with Gasteiger partial charge in [-0.2, -0.15) is 0 Å². The lowest BCUT2D eigenvalue weighted by atomic mass is 10.1. The van der Waals surface area contributed by atoms with Crippen molar-refractivity contribution in [1.82, 2.24) is 4.98 Å². The maximum Gasteiger partial charge on any atom is 0.241 e. The molecule has 1 heterocycles. The predicted molar refractivity (Wildman–Crippen MR) is 83.3 cm³/mol. The van der Waals surface area contributed by atoms with Crippen molar-refractivity contribution in [2.24, 2.45) is 5.14 Å². The molecule has 0 saturated carbocycles. The summed E-state index contributed by atoms with van der Waals surface area (Å²) in [6.07, 6.45) is 0.688. The third-order valence-corrected chi connectivity index (χ3v) is 5.02. The molecular formula is C14H18N2O3S2. The van der Waals surface area contributed by atoms with Crippen LogP contribution < -0.4 is 9.88 Å². The normalized spacial score (nSPS) is 11.6. The number of ether oxygens (including phenoxy) is 1. The molecule has 0 fully saturated rings. The van der Waals surface area contributed by atoms with Crippen molar-refractivity contribution < 1.29 is 13.2 Å². The second-order valence-corrected chi connectivity index (χ2v) is 7.38. The summed E-state index contributed by atoms with van der Waals surface area (Å²) < 4.78 is 29.1. The molecule has 0 radical (unpaired) electrons. The minimum absolute atomic E-state index is 0.0426. The van der Waals surface area contributed by atoms with E-state index in [1.807, 2.05) is 26.8 Å². The van der Waals surface area contributed by atoms with E-state index in [4.69, 9.17) is 9.88 Å². The maximum absolute atomic E-state index is 11.7. The van der Waals surface area contributed by atoms with Gasteiger partial charge in [0, 0.05) is 11.3 Å². The van der Waals surface area contributed by atoms with Gasteiger partial charge in [0.05, 0.1) is 17.8 Å². The van der Waals surface area contributed by atoms with Gasteiger partial charge in [0.25, 0.3) is 0 Å². The number of nitrogens with zero attached hydrogens (tertiary/aromatic N) is 1. The molecule has 1 aromatic heterocycles. The molecule has 0 saturated heterocycles. The van der Waals surface area contributed by atoms with Crippen LogP contribution >= 0.6 is 11.3 Å². The lowest BCUT2D eigenvalue weighted by Crippen LogP contribution is -2.15. The van der Waals surface area contributed by atoms with Crippen LogP contribution in [0.4, 0.5) is 0 Å². The molecule has 2 rings (SSSR count). The zero-order valence-electron chi connectivity index (χ0n) is 12.2. The van der Waals surface area contributed by atoms with E-state index in [2.05, 4.69) is 4.98 Å². The van der Waals surface area contributed by atoms with E-state index in [-0.39, 0.29) is 4.90 Å². The topological polar surface area (TPSA) is 82.3 Å². The zero-order chi connectivity index (χ0) is 15.6. The smallest absolute Gasteiger partial charge is 0.241 e. The fraction of sp³-hybridized carbons (Fsp3) is 0.357. The van der Waals surface area contributed by atoms with Crippen molar-refractivity contribution in [2.75, 3.05) is 6.61 Å². The highest BCUT2D eigenvalue weighted by molar-refractivity contribution is 7.89. The first-order valence-corrected chi connectivity index (χ1v) is 8.87. The summed E-state index contributed by atoms with van der Waals surface area (Å²) in [5.74, 6) is 0.338. The van der Waals surface area contributed by atoms with Gasteiger partial charge in [-0.3, -0.25) is 0 Å². The molecule has 1 aromatic carbocycles. The fourth-order valence-corrected chi connectivity index (χ4v) is 3.71. The zero-order valence-corrected chi connectivity index (χ0v) is 13.8. The van der Waals surface area contributed by atoms with Crippen LogP contribution in [0.3, 0.4) is 0 Å². The molecule has 2 N–H and O–H groups in total. The molecule has 0 aliphatic carbocycles. The van der Waals surface area contributed by atoms with Crippen molar-refractivity contribution in [2.45, 2.75) is 32.1 Å². The van der Waals surface area contributed by atoms with E-state index < -0.39 is 10.0 Å². The number of aryl methyl sites for hydroxylation is 3. The van der Waals surface area contributed by atoms with Gasteiger partial charge < -0.3 is 4.74 Å². The minimum Gasteiger partial charge on any atom is -0.492 e. The third kappa shape index (κ3) is 3.81. The van der Waals surface area contributed by atoms with Crippen LogP contribution in [0.15, 0.2) is 22.5 Å². The number of rotatable bonds is 5. The molecule has 0 aliphatic rings. The monoisotopic (exact) mass is 326 g/mol. The first-order chi connectivity index (χ1) is 9.79. The van der Waals surface area contributed by atoms with Crippen LogP contribution in [0.5, 0.6) is 5.75 Å². The molecule has 2 aromatic rings. The van der Waals surface area contributed by atoms with Crippen molar-refractivity contribution >= 4 is 21.4 Å². The Hall–Kier alpha value is -1.44. The molecule has 0 aliphatic heterocycles. The molecule has 0 bridgehead atoms. The molecule has 0 unspecified atom stereocenters. The molecule has 5 nitrogen and oxygen atoms in total. The number of primary sulfonamides is 1. The van der Waals surface area contributed by atoms with Crippen molar-refractivity contribution in [3.05, 3.63) is 39.3 Å². The number of aromatic nitrogens is 1. The lowest BCUT2D eigenvalue weighted by molar-refractivity contribution is 0.312. The number of benzene rings is 1. The van der Waals surface area contributed by atoms with E-state index in [0.717, 1.165) is 21.7 Å². The van der Waals surface area contributed by atoms with Gasteiger partial charge in [-0.25, -0.2) is 18.5 Å². The van der Waals surface area contributed by atoms with Crippen LogP contribution in [-0.2, 0) is 16.4 Å². The summed E-state index contributed by atoms with van der Waals surface area (Å²) in [5, 5.41) is 5.27. The van der Waals surface area contributed by atoms with E-state index in [0.29, 0.717) is 18.8 Å². The van der Waals surface area contributed by atoms with Gasteiger partial charge >= 0.3 is 0 Å². The molecule has 21 heavy (non-hydrogen) atoms. The van der Waals surface area contributed by atoms with Crippen molar-refractivity contribution in [3.8, 4) is 5.75 Å². The Morgan fingerprint density at radius 1 is 1.29 bits per heavy atom. The van der Waals surface area contributed by atoms with Gasteiger partial charge in [0.2, 0.25) is 10.0 Å². The molecule has 114 valence electrons. The summed E-state index contributed by atoms with van der Waals surface area (Å²) in [6, 6.07) is 3.41. The van der Waals surface area contributed by atoms with Crippen LogP contribution in [0, 0.1) is 20.8 Å². The molecule has 0 atom stereocenters. The SMILES string of the molecule is Cc1cc(C)c(OCCc2scnc2C)c(S(N)(=O)=O)c1. The van der Waals surface area contributed by atoms with Crippen LogP contribution in [-0.4, -0.2) is 20.0 Å². The Morgan fingerprint density at radius 2 is 2.00 bits per heavy atom. The van der Waals surface area contributed by atoms with E-state index in [9.17, 15) is 8.42 Å². The number of hydrogen-bond acceptors (Lipinski definition) is 5. The Balaban J connectivity index is 2.22. The highest BCUT2D eigenvalue weighted by Crippen LogP contribution is 2.29. The van der Waals surface area contributed by atoms with Gasteiger partial charge in [-0.05, 0) is 38.0 Å². The standard InChI is InChI=1S/C14H18N2O3S2/c1-9-6-10(2)14(13(7-9)21(15,17)18)19-5-4-12-11(3)16-8-20-12/h6-8H,4-5H2,1-3H3,(H2,15,17,18). The second kappa shape index (κ2) is 6.13. The Morgan fingerprint density at radius 3 is 2.57 bits per heavy atom. The average Bonchev–Trinajstić information content (AvgIpc) is 2.76. The predicted octanol–water partition coefficient (Wildman–Crippen LogP) is 2.34. The first kappa shape index (κ1) is 15.9. The highest BCUT2D eigenvalue weighted by atomic mass is 32.2. The fourth-order valence-electron chi connectivity index (χ4n) is 2.12. The van der Waals surface area contributed by atoms with Crippen LogP contribution in [0.2, 0.25) is 0 Å². The molecule has 7 heteroatoms. The van der Waals surface area contributed by atoms with Crippen molar-refractivity contribution in [3.63, 3.8) is 0 Å². The Kier molecular flexibility index (Phi) is 4.65. The summed E-state index contributed by atoms with van der Waals surface area (Å²) in [4.78, 5) is 5.35. The minimum atomic E-state index is -3.81. The summed E-state index contributed by atoms with van der Waals surface area (Å²) in [6.45, 7) is 5.97. The second-order valence-electron chi connectivity index (χ2n) is 4.91. The number of sulfonamides is 1. The van der Waals surface area contributed by atoms with Crippen LogP contribution in [0.1, 0.15) is 21.7 Å². The highest BCUT2D eigenvalue weighted by Gasteiger charge is 2.18. The van der Waals surface area contributed by atoms with Crippen LogP contribution in [0.25, 0.3) is 0 Å². The van der Waals surface area contributed by atoms with Crippen molar-refractivity contribution in [1.29, 1.82) is 0 Å². The average molecular weight is 326 g/mol. The van der Waals surface area contributed by atoms with E-state index in [1.165, 1.54) is 6.07 Å². The van der Waals surface area contributed by atoms with E-state index >= 15 is 0 Å². The summed E-state index contributed by atoms with van der Waals surface area (Å²) in [5.41, 5.74) is 4.37. The van der Waals surface area contributed by atoms with Gasteiger partial charge in [-0.15, -0.1) is 11.3 Å². The van der Waals surface area contributed by atoms with E-state index in [1.54, 1.807) is 16.8 Å². The number of thiazole rings is 1. The lowest BCUT2D eigenvalue weighted by Gasteiger charge is -2.14. The number of hydrogen-bond donors (Lipinski definition) is 1. The quantitative estimate of drug-likeness (QED) is 0.914. The Bertz CT molecular complexity index is 752. The molecular weight excluding hydrogens is 308 g/mol. The van der Waals surface area contributed by atoms with Gasteiger partial charge in [0.1, 0.15) is 10.6 Å². The number of nitrogens with two attached hydrogens (primary N) is 1. The first-order valence-electron chi connectivity index (χ1n) is 6.45.